The van der Waals surface area contributed by atoms with Crippen molar-refractivity contribution in [3.63, 3.8) is 0 Å². The zero-order valence-electron chi connectivity index (χ0n) is 18.2. The topological polar surface area (TPSA) is 81.2 Å². The van der Waals surface area contributed by atoms with E-state index in [9.17, 15) is 9.59 Å². The number of aryl methyl sites for hydroxylation is 2. The van der Waals surface area contributed by atoms with Crippen LogP contribution in [0.3, 0.4) is 0 Å². The number of ketones is 1. The molecule has 1 aromatic carbocycles. The maximum atomic E-state index is 13.3. The van der Waals surface area contributed by atoms with Crippen LogP contribution >= 0.6 is 11.3 Å². The van der Waals surface area contributed by atoms with Crippen LogP contribution < -0.4 is 10.5 Å². The molecule has 4 heterocycles. The molecule has 0 amide bonds. The number of anilines is 1. The number of aromatic nitrogens is 3. The largest absolute Gasteiger partial charge is 0.463 e. The van der Waals surface area contributed by atoms with Crippen LogP contribution in [-0.4, -0.2) is 33.6 Å². The highest BCUT2D eigenvalue weighted by Crippen LogP contribution is 2.35. The molecular weight excluding hydrogens is 436 g/mol. The number of benzene rings is 1. The molecule has 0 N–H and O–H groups in total. The van der Waals surface area contributed by atoms with E-state index in [-0.39, 0.29) is 17.9 Å². The minimum atomic E-state index is -0.340. The molecule has 0 spiro atoms. The Hall–Kier alpha value is -3.26. The van der Waals surface area contributed by atoms with Crippen LogP contribution in [0.1, 0.15) is 47.2 Å². The Morgan fingerprint density at radius 3 is 2.67 bits per heavy atom. The van der Waals surface area contributed by atoms with Crippen molar-refractivity contribution in [3.05, 3.63) is 63.6 Å². The van der Waals surface area contributed by atoms with E-state index < -0.39 is 0 Å². The third-order valence-electron chi connectivity index (χ3n) is 6.58. The Kier molecular flexibility index (Phi) is 5.10. The van der Waals surface area contributed by atoms with Gasteiger partial charge >= 0.3 is 0 Å². The zero-order chi connectivity index (χ0) is 22.4. The first-order valence-electron chi connectivity index (χ1n) is 11.5. The molecule has 1 aliphatic carbocycles. The summed E-state index contributed by atoms with van der Waals surface area (Å²) in [5.41, 5.74) is 3.76. The summed E-state index contributed by atoms with van der Waals surface area (Å²) in [6.07, 6.45) is 8.25. The van der Waals surface area contributed by atoms with Crippen molar-refractivity contribution < 1.29 is 9.21 Å². The van der Waals surface area contributed by atoms with Gasteiger partial charge in [-0.1, -0.05) is 23.5 Å². The van der Waals surface area contributed by atoms with Crippen LogP contribution in [0.5, 0.6) is 0 Å². The fourth-order valence-electron chi connectivity index (χ4n) is 4.81. The maximum Gasteiger partial charge on any atom is 0.294 e. The van der Waals surface area contributed by atoms with Gasteiger partial charge in [0.15, 0.2) is 22.2 Å². The van der Waals surface area contributed by atoms with Gasteiger partial charge in [0.25, 0.3) is 5.56 Å². The Morgan fingerprint density at radius 2 is 1.88 bits per heavy atom. The lowest BCUT2D eigenvalue weighted by atomic mass is 9.90. The quantitative estimate of drug-likeness (QED) is 0.409. The third kappa shape index (κ3) is 3.68. The molecule has 3 aromatic heterocycles. The Bertz CT molecular complexity index is 1400. The number of thiazole rings is 1. The summed E-state index contributed by atoms with van der Waals surface area (Å²) < 4.78 is 7.56. The number of carbonyl (C=O) groups excluding carboxylic acids is 1. The second-order valence-electron chi connectivity index (χ2n) is 8.77. The molecule has 0 saturated carbocycles. The summed E-state index contributed by atoms with van der Waals surface area (Å²) >= 11 is 1.47. The average Bonchev–Trinajstić information content (AvgIpc) is 3.62. The van der Waals surface area contributed by atoms with Gasteiger partial charge in [-0.05, 0) is 67.9 Å². The van der Waals surface area contributed by atoms with E-state index in [4.69, 9.17) is 4.42 Å². The highest BCUT2D eigenvalue weighted by Gasteiger charge is 2.24. The molecule has 0 bridgehead atoms. The van der Waals surface area contributed by atoms with Crippen LogP contribution in [0.25, 0.3) is 21.7 Å². The molecule has 0 unspecified atom stereocenters. The SMILES string of the molecule is O=C(Cn1nc(-c2ccco2)c2sc(N3CCCC3)nc2c1=O)c1ccc2c(c1)CCCC2. The minimum Gasteiger partial charge on any atom is -0.463 e. The summed E-state index contributed by atoms with van der Waals surface area (Å²) in [4.78, 5) is 33.4. The Balaban J connectivity index is 1.41. The van der Waals surface area contributed by atoms with Gasteiger partial charge in [0.1, 0.15) is 12.2 Å². The lowest BCUT2D eigenvalue weighted by molar-refractivity contribution is 0.0966. The van der Waals surface area contributed by atoms with Gasteiger partial charge in [0.05, 0.1) is 11.0 Å². The fraction of sp³-hybridized carbons (Fsp3) is 0.360. The smallest absolute Gasteiger partial charge is 0.294 e. The maximum absolute atomic E-state index is 13.3. The van der Waals surface area contributed by atoms with Crippen LogP contribution in [0.15, 0.2) is 45.8 Å². The predicted molar refractivity (Wildman–Crippen MR) is 128 cm³/mol. The van der Waals surface area contributed by atoms with Gasteiger partial charge < -0.3 is 9.32 Å². The van der Waals surface area contributed by atoms with Crippen molar-refractivity contribution in [2.45, 2.75) is 45.1 Å². The van der Waals surface area contributed by atoms with E-state index in [0.717, 1.165) is 50.3 Å². The van der Waals surface area contributed by atoms with Crippen molar-refractivity contribution in [1.29, 1.82) is 0 Å². The molecule has 0 atom stereocenters. The molecule has 1 saturated heterocycles. The van der Waals surface area contributed by atoms with E-state index in [1.807, 2.05) is 18.2 Å². The number of rotatable bonds is 5. The summed E-state index contributed by atoms with van der Waals surface area (Å²) in [5.74, 6) is 0.435. The number of Topliss-reactive ketones (excluding diaryl/α,β-unsaturated/α-hetero) is 1. The molecule has 6 rings (SSSR count). The van der Waals surface area contributed by atoms with Crippen LogP contribution in [-0.2, 0) is 19.4 Å². The van der Waals surface area contributed by atoms with Gasteiger partial charge in [-0.25, -0.2) is 9.67 Å². The minimum absolute atomic E-state index is 0.127. The van der Waals surface area contributed by atoms with Gasteiger partial charge in [-0.15, -0.1) is 0 Å². The summed E-state index contributed by atoms with van der Waals surface area (Å²) in [7, 11) is 0. The van der Waals surface area contributed by atoms with Crippen molar-refractivity contribution in [2.24, 2.45) is 0 Å². The van der Waals surface area contributed by atoms with Crippen molar-refractivity contribution in [1.82, 2.24) is 14.8 Å². The molecular formula is C25H24N4O3S. The number of carbonyl (C=O) groups is 1. The number of furan rings is 1. The Morgan fingerprint density at radius 1 is 1.06 bits per heavy atom. The Labute approximate surface area is 194 Å². The second-order valence-corrected chi connectivity index (χ2v) is 9.75. The number of hydrogen-bond acceptors (Lipinski definition) is 7. The van der Waals surface area contributed by atoms with Crippen LogP contribution in [0.2, 0.25) is 0 Å². The molecule has 33 heavy (non-hydrogen) atoms. The van der Waals surface area contributed by atoms with E-state index in [0.29, 0.717) is 27.2 Å². The standard InChI is InChI=1S/C25H24N4O3S/c30-19(18-10-9-16-6-1-2-7-17(16)14-18)15-29-24(31)22-23(21(27-29)20-8-5-13-32-20)33-25(26-22)28-11-3-4-12-28/h5,8-10,13-14H,1-4,6-7,11-12,15H2. The summed E-state index contributed by atoms with van der Waals surface area (Å²) in [6, 6.07) is 9.52. The third-order valence-corrected chi connectivity index (χ3v) is 7.71. The van der Waals surface area contributed by atoms with Crippen molar-refractivity contribution >= 4 is 32.5 Å². The number of nitrogens with zero attached hydrogens (tertiary/aromatic N) is 4. The lowest BCUT2D eigenvalue weighted by Crippen LogP contribution is -2.27. The fourth-order valence-corrected chi connectivity index (χ4v) is 5.91. The molecule has 0 radical (unpaired) electrons. The predicted octanol–water partition coefficient (Wildman–Crippen LogP) is 4.47. The van der Waals surface area contributed by atoms with E-state index in [2.05, 4.69) is 21.0 Å². The zero-order valence-corrected chi connectivity index (χ0v) is 19.1. The second kappa shape index (κ2) is 8.26. The van der Waals surface area contributed by atoms with E-state index in [1.165, 1.54) is 33.6 Å². The molecule has 1 fully saturated rings. The van der Waals surface area contributed by atoms with Gasteiger partial charge in [0.2, 0.25) is 0 Å². The van der Waals surface area contributed by atoms with Gasteiger partial charge in [-0.3, -0.25) is 9.59 Å². The van der Waals surface area contributed by atoms with E-state index in [1.54, 1.807) is 12.3 Å². The highest BCUT2D eigenvalue weighted by molar-refractivity contribution is 7.22. The van der Waals surface area contributed by atoms with Crippen molar-refractivity contribution in [3.8, 4) is 11.5 Å². The monoisotopic (exact) mass is 460 g/mol. The van der Waals surface area contributed by atoms with Crippen molar-refractivity contribution in [2.75, 3.05) is 18.0 Å². The van der Waals surface area contributed by atoms with E-state index >= 15 is 0 Å². The van der Waals surface area contributed by atoms with Gasteiger partial charge in [0, 0.05) is 18.7 Å². The molecule has 7 nitrogen and oxygen atoms in total. The van der Waals surface area contributed by atoms with Crippen LogP contribution in [0.4, 0.5) is 5.13 Å². The highest BCUT2D eigenvalue weighted by atomic mass is 32.1. The van der Waals surface area contributed by atoms with Crippen LogP contribution in [0, 0.1) is 0 Å². The molecule has 4 aromatic rings. The normalized spacial score (nSPS) is 15.8. The molecule has 2 aliphatic rings. The molecule has 8 heteroatoms. The number of fused-ring (bicyclic) bond motifs is 2. The summed E-state index contributed by atoms with van der Waals surface area (Å²) in [5, 5.41) is 5.40. The van der Waals surface area contributed by atoms with Gasteiger partial charge in [-0.2, -0.15) is 5.10 Å². The molecule has 1 aliphatic heterocycles. The number of hydrogen-bond donors (Lipinski definition) is 0. The first-order valence-corrected chi connectivity index (χ1v) is 12.3. The average molecular weight is 461 g/mol. The first-order chi connectivity index (χ1) is 16.2. The first kappa shape index (κ1) is 20.4. The molecule has 168 valence electrons. The lowest BCUT2D eigenvalue weighted by Gasteiger charge is -2.16. The summed E-state index contributed by atoms with van der Waals surface area (Å²) in [6.45, 7) is 1.75.